The number of carbonyl (C=O) groups is 1. The summed E-state index contributed by atoms with van der Waals surface area (Å²) in [5, 5.41) is 3.76. The fraction of sp³-hybridized carbons (Fsp3) is 0.217. The summed E-state index contributed by atoms with van der Waals surface area (Å²) in [4.78, 5) is 33.2. The summed E-state index contributed by atoms with van der Waals surface area (Å²) in [6.45, 7) is 1.72. The zero-order chi connectivity index (χ0) is 22.1. The summed E-state index contributed by atoms with van der Waals surface area (Å²) in [7, 11) is 2.01. The number of likely N-dealkylation sites (N-methyl/N-ethyl adjacent to an activating group) is 1. The van der Waals surface area contributed by atoms with Crippen LogP contribution < -0.4 is 15.1 Å². The third-order valence-electron chi connectivity index (χ3n) is 5.82. The number of amides is 1. The van der Waals surface area contributed by atoms with Gasteiger partial charge in [-0.05, 0) is 48.9 Å². The molecule has 0 saturated carbocycles. The van der Waals surface area contributed by atoms with Gasteiger partial charge in [0, 0.05) is 44.3 Å². The second-order valence-corrected chi connectivity index (χ2v) is 7.80. The van der Waals surface area contributed by atoms with Crippen LogP contribution in [0.1, 0.15) is 16.8 Å². The number of aromatic nitrogens is 4. The van der Waals surface area contributed by atoms with Crippen molar-refractivity contribution < 1.29 is 9.18 Å². The third-order valence-corrected chi connectivity index (χ3v) is 5.82. The van der Waals surface area contributed by atoms with Gasteiger partial charge in [0.2, 0.25) is 0 Å². The summed E-state index contributed by atoms with van der Waals surface area (Å²) in [6.07, 6.45) is 5.99. The molecule has 4 aromatic rings. The number of pyridine rings is 1. The van der Waals surface area contributed by atoms with Crippen molar-refractivity contribution in [3.8, 4) is 0 Å². The van der Waals surface area contributed by atoms with Gasteiger partial charge < -0.3 is 20.1 Å². The summed E-state index contributed by atoms with van der Waals surface area (Å²) in [5.41, 5.74) is 1.81. The molecule has 1 aliphatic rings. The molecule has 1 amide bonds. The molecule has 1 aliphatic heterocycles. The largest absolute Gasteiger partial charge is 0.355 e. The van der Waals surface area contributed by atoms with Crippen molar-refractivity contribution in [2.24, 2.45) is 0 Å². The minimum Gasteiger partial charge on any atom is -0.355 e. The lowest BCUT2D eigenvalue weighted by atomic mass is 10.2. The van der Waals surface area contributed by atoms with Crippen molar-refractivity contribution in [1.82, 2.24) is 19.9 Å². The van der Waals surface area contributed by atoms with Gasteiger partial charge in [-0.1, -0.05) is 0 Å². The predicted molar refractivity (Wildman–Crippen MR) is 121 cm³/mol. The number of aromatic amines is 1. The van der Waals surface area contributed by atoms with Crippen LogP contribution in [0.3, 0.4) is 0 Å². The molecule has 0 unspecified atom stereocenters. The van der Waals surface area contributed by atoms with Gasteiger partial charge >= 0.3 is 0 Å². The number of carbonyl (C=O) groups excluding carboxylic acids is 1. The van der Waals surface area contributed by atoms with E-state index >= 15 is 0 Å². The molecule has 1 aromatic carbocycles. The molecule has 1 fully saturated rings. The first kappa shape index (κ1) is 19.9. The number of rotatable bonds is 5. The Morgan fingerprint density at radius 2 is 2.00 bits per heavy atom. The number of benzene rings is 1. The molecule has 2 N–H and O–H groups in total. The first-order valence-electron chi connectivity index (χ1n) is 10.4. The first-order valence-corrected chi connectivity index (χ1v) is 10.4. The monoisotopic (exact) mass is 431 g/mol. The highest BCUT2D eigenvalue weighted by atomic mass is 19.1. The molecule has 0 spiro atoms. The average molecular weight is 431 g/mol. The van der Waals surface area contributed by atoms with Crippen LogP contribution in [0.4, 0.5) is 21.7 Å². The molecule has 9 heteroatoms. The standard InChI is InChI=1S/C23H22FN7O/c1-30(18-9-11-31(13-18)22-19-8-10-25-21(19)27-14-28-22)20-7-2-15(12-26-20)23(32)29-17-5-3-16(24)4-6-17/h2-8,10,12,14,18H,9,11,13H2,1H3,(H,29,32)(H,25,27,28)/t18-/m1/s1. The Hall–Kier alpha value is -4.01. The topological polar surface area (TPSA) is 90.0 Å². The number of nitrogens with zero attached hydrogens (tertiary/aromatic N) is 5. The molecule has 162 valence electrons. The van der Waals surface area contributed by atoms with E-state index in [0.717, 1.165) is 42.2 Å². The number of hydrogen-bond acceptors (Lipinski definition) is 6. The van der Waals surface area contributed by atoms with Gasteiger partial charge in [0.25, 0.3) is 5.91 Å². The Bertz CT molecular complexity index is 1240. The van der Waals surface area contributed by atoms with Gasteiger partial charge in [-0.2, -0.15) is 0 Å². The zero-order valence-electron chi connectivity index (χ0n) is 17.5. The van der Waals surface area contributed by atoms with Crippen LogP contribution in [0, 0.1) is 5.82 Å². The van der Waals surface area contributed by atoms with Crippen molar-refractivity contribution in [1.29, 1.82) is 0 Å². The number of nitrogens with one attached hydrogen (secondary N) is 2. The Labute approximate surface area is 184 Å². The molecule has 5 rings (SSSR count). The number of H-pyrrole nitrogens is 1. The Balaban J connectivity index is 1.25. The third kappa shape index (κ3) is 3.84. The van der Waals surface area contributed by atoms with E-state index in [4.69, 9.17) is 0 Å². The van der Waals surface area contributed by atoms with Crippen LogP contribution in [0.2, 0.25) is 0 Å². The number of hydrogen-bond donors (Lipinski definition) is 2. The number of anilines is 3. The van der Waals surface area contributed by atoms with E-state index in [1.807, 2.05) is 25.4 Å². The lowest BCUT2D eigenvalue weighted by molar-refractivity contribution is 0.102. The second-order valence-electron chi connectivity index (χ2n) is 7.80. The van der Waals surface area contributed by atoms with E-state index in [-0.39, 0.29) is 17.8 Å². The van der Waals surface area contributed by atoms with Crippen LogP contribution >= 0.6 is 0 Å². The molecule has 0 aliphatic carbocycles. The molecule has 0 bridgehead atoms. The van der Waals surface area contributed by atoms with Crippen LogP contribution in [0.15, 0.2) is 61.2 Å². The van der Waals surface area contributed by atoms with Crippen LogP contribution in [0.25, 0.3) is 11.0 Å². The lowest BCUT2D eigenvalue weighted by Crippen LogP contribution is -2.35. The van der Waals surface area contributed by atoms with Crippen molar-refractivity contribution >= 4 is 34.3 Å². The molecule has 3 aromatic heterocycles. The zero-order valence-corrected chi connectivity index (χ0v) is 17.5. The van der Waals surface area contributed by atoms with Crippen molar-refractivity contribution in [2.75, 3.05) is 35.3 Å². The SMILES string of the molecule is CN(c1ccc(C(=O)Nc2ccc(F)cc2)cn1)[C@@H]1CCN(c2ncnc3[nH]ccc23)C1. The van der Waals surface area contributed by atoms with Gasteiger partial charge in [-0.3, -0.25) is 4.79 Å². The lowest BCUT2D eigenvalue weighted by Gasteiger charge is -2.26. The minimum atomic E-state index is -0.347. The van der Waals surface area contributed by atoms with Gasteiger partial charge in [-0.15, -0.1) is 0 Å². The smallest absolute Gasteiger partial charge is 0.257 e. The van der Waals surface area contributed by atoms with E-state index < -0.39 is 0 Å². The average Bonchev–Trinajstić information content (AvgIpc) is 3.50. The summed E-state index contributed by atoms with van der Waals surface area (Å²) in [5.74, 6) is 1.10. The van der Waals surface area contributed by atoms with E-state index in [9.17, 15) is 9.18 Å². The van der Waals surface area contributed by atoms with Crippen molar-refractivity contribution in [3.05, 3.63) is 72.6 Å². The predicted octanol–water partition coefficient (Wildman–Crippen LogP) is 3.46. The van der Waals surface area contributed by atoms with Crippen molar-refractivity contribution in [3.63, 3.8) is 0 Å². The highest BCUT2D eigenvalue weighted by molar-refractivity contribution is 6.04. The highest BCUT2D eigenvalue weighted by Crippen LogP contribution is 2.28. The van der Waals surface area contributed by atoms with Crippen LogP contribution in [0.5, 0.6) is 0 Å². The normalized spacial score (nSPS) is 15.8. The molecule has 0 radical (unpaired) electrons. The van der Waals surface area contributed by atoms with Crippen LogP contribution in [-0.2, 0) is 0 Å². The molecule has 8 nitrogen and oxygen atoms in total. The minimum absolute atomic E-state index is 0.269. The summed E-state index contributed by atoms with van der Waals surface area (Å²) >= 11 is 0. The maximum Gasteiger partial charge on any atom is 0.257 e. The molecular weight excluding hydrogens is 409 g/mol. The molecular formula is C23H22FN7O. The van der Waals surface area contributed by atoms with E-state index in [0.29, 0.717) is 11.3 Å². The van der Waals surface area contributed by atoms with E-state index in [1.54, 1.807) is 18.6 Å². The van der Waals surface area contributed by atoms with Crippen molar-refractivity contribution in [2.45, 2.75) is 12.5 Å². The number of fused-ring (bicyclic) bond motifs is 1. The van der Waals surface area contributed by atoms with Gasteiger partial charge in [0.15, 0.2) is 0 Å². The van der Waals surface area contributed by atoms with E-state index in [1.165, 1.54) is 24.3 Å². The first-order chi connectivity index (χ1) is 15.6. The fourth-order valence-electron chi connectivity index (χ4n) is 4.01. The fourth-order valence-corrected chi connectivity index (χ4v) is 4.01. The maximum absolute atomic E-state index is 13.0. The van der Waals surface area contributed by atoms with Crippen LogP contribution in [-0.4, -0.2) is 52.0 Å². The quantitative estimate of drug-likeness (QED) is 0.503. The molecule has 32 heavy (non-hydrogen) atoms. The Morgan fingerprint density at radius 3 is 2.78 bits per heavy atom. The Morgan fingerprint density at radius 1 is 1.16 bits per heavy atom. The second kappa shape index (κ2) is 8.26. The summed E-state index contributed by atoms with van der Waals surface area (Å²) in [6, 6.07) is 11.5. The van der Waals surface area contributed by atoms with Gasteiger partial charge in [-0.25, -0.2) is 19.3 Å². The van der Waals surface area contributed by atoms with Gasteiger partial charge in [0.1, 0.15) is 29.4 Å². The Kier molecular flexibility index (Phi) is 5.14. The highest BCUT2D eigenvalue weighted by Gasteiger charge is 2.28. The molecule has 1 atom stereocenters. The summed E-state index contributed by atoms with van der Waals surface area (Å²) < 4.78 is 13.0. The maximum atomic E-state index is 13.0. The molecule has 4 heterocycles. The molecule has 1 saturated heterocycles. The number of halogens is 1. The van der Waals surface area contributed by atoms with E-state index in [2.05, 4.69) is 35.1 Å². The van der Waals surface area contributed by atoms with Gasteiger partial charge in [0.05, 0.1) is 10.9 Å².